The van der Waals surface area contributed by atoms with Crippen molar-refractivity contribution in [3.05, 3.63) is 51.5 Å². The molecule has 2 nitrogen and oxygen atoms in total. The van der Waals surface area contributed by atoms with Crippen LogP contribution in [0.25, 0.3) is 0 Å². The second-order valence-electron chi connectivity index (χ2n) is 5.37. The average Bonchev–Trinajstić information content (AvgIpc) is 2.82. The lowest BCUT2D eigenvalue weighted by atomic mass is 10.0. The van der Waals surface area contributed by atoms with Gasteiger partial charge in [-0.25, -0.2) is 4.98 Å². The van der Waals surface area contributed by atoms with Crippen LogP contribution in [0.2, 0.25) is 0 Å². The zero-order chi connectivity index (χ0) is 14.4. The number of aryl methyl sites for hydroxylation is 3. The molecule has 0 spiro atoms. The Kier molecular flexibility index (Phi) is 5.74. The maximum Gasteiger partial charge on any atom is 0.0943 e. The zero-order valence-corrected chi connectivity index (χ0v) is 13.5. The van der Waals surface area contributed by atoms with Crippen LogP contribution in [0, 0.1) is 13.8 Å². The highest BCUT2D eigenvalue weighted by atomic mass is 32.1. The molecule has 2 aromatic rings. The number of nitrogens with zero attached hydrogens (tertiary/aromatic N) is 1. The second kappa shape index (κ2) is 7.55. The third-order valence-electron chi connectivity index (χ3n) is 3.44. The minimum absolute atomic E-state index is 0.520. The number of benzene rings is 1. The molecule has 1 N–H and O–H groups in total. The highest BCUT2D eigenvalue weighted by Gasteiger charge is 2.11. The van der Waals surface area contributed by atoms with Crippen molar-refractivity contribution in [2.75, 3.05) is 6.54 Å². The lowest BCUT2D eigenvalue weighted by Gasteiger charge is -2.16. The lowest BCUT2D eigenvalue weighted by Crippen LogP contribution is -2.31. The fraction of sp³-hybridized carbons (Fsp3) is 0.471. The van der Waals surface area contributed by atoms with E-state index in [2.05, 4.69) is 60.7 Å². The van der Waals surface area contributed by atoms with Gasteiger partial charge in [0.05, 0.1) is 5.01 Å². The van der Waals surface area contributed by atoms with Gasteiger partial charge in [0.15, 0.2) is 0 Å². The topological polar surface area (TPSA) is 24.9 Å². The lowest BCUT2D eigenvalue weighted by molar-refractivity contribution is 0.490. The summed E-state index contributed by atoms with van der Waals surface area (Å²) in [4.78, 5) is 4.58. The molecule has 108 valence electrons. The van der Waals surface area contributed by atoms with E-state index < -0.39 is 0 Å². The van der Waals surface area contributed by atoms with Crippen molar-refractivity contribution >= 4 is 11.3 Å². The number of hydrogen-bond acceptors (Lipinski definition) is 3. The molecule has 0 saturated carbocycles. The summed E-state index contributed by atoms with van der Waals surface area (Å²) in [7, 11) is 0. The molecule has 0 aliphatic heterocycles. The average molecular weight is 288 g/mol. The molecule has 0 saturated heterocycles. The van der Waals surface area contributed by atoms with Gasteiger partial charge in [-0.1, -0.05) is 36.8 Å². The number of aromatic nitrogens is 1. The third-order valence-corrected chi connectivity index (χ3v) is 4.43. The summed E-state index contributed by atoms with van der Waals surface area (Å²) in [5.41, 5.74) is 3.92. The number of nitrogens with one attached hydrogen (secondary N) is 1. The third kappa shape index (κ3) is 4.73. The molecule has 3 heteroatoms. The van der Waals surface area contributed by atoms with E-state index in [0.29, 0.717) is 6.04 Å². The number of thiazole rings is 1. The Morgan fingerprint density at radius 3 is 2.80 bits per heavy atom. The van der Waals surface area contributed by atoms with Gasteiger partial charge in [-0.05, 0) is 38.8 Å². The second-order valence-corrected chi connectivity index (χ2v) is 6.31. The van der Waals surface area contributed by atoms with Gasteiger partial charge in [-0.2, -0.15) is 0 Å². The Bertz CT molecular complexity index is 533. The van der Waals surface area contributed by atoms with E-state index in [4.69, 9.17) is 0 Å². The first kappa shape index (κ1) is 15.2. The summed E-state index contributed by atoms with van der Waals surface area (Å²) in [6.07, 6.45) is 3.33. The van der Waals surface area contributed by atoms with E-state index in [9.17, 15) is 0 Å². The molecule has 0 aliphatic carbocycles. The van der Waals surface area contributed by atoms with E-state index in [1.54, 1.807) is 11.3 Å². The summed E-state index contributed by atoms with van der Waals surface area (Å²) in [5.74, 6) is 0. The Labute approximate surface area is 126 Å². The van der Waals surface area contributed by atoms with Gasteiger partial charge in [-0.3, -0.25) is 0 Å². The summed E-state index contributed by atoms with van der Waals surface area (Å²) >= 11 is 1.78. The van der Waals surface area contributed by atoms with E-state index in [1.807, 2.05) is 0 Å². The number of hydrogen-bond donors (Lipinski definition) is 1. The SMILES string of the molecule is CCNC(CCc1cccc(C)c1)Cc1nc(C)cs1. The van der Waals surface area contributed by atoms with Crippen molar-refractivity contribution in [1.29, 1.82) is 0 Å². The van der Waals surface area contributed by atoms with Crippen LogP contribution in [-0.4, -0.2) is 17.6 Å². The standard InChI is InChI=1S/C17H24N2S/c1-4-18-16(11-17-19-14(3)12-20-17)9-8-15-7-5-6-13(2)10-15/h5-7,10,12,16,18H,4,8-9,11H2,1-3H3. The molecule has 1 heterocycles. The minimum atomic E-state index is 0.520. The molecular formula is C17H24N2S. The first-order valence-electron chi connectivity index (χ1n) is 7.37. The molecular weight excluding hydrogens is 264 g/mol. The molecule has 1 aromatic carbocycles. The van der Waals surface area contributed by atoms with Crippen molar-refractivity contribution in [1.82, 2.24) is 10.3 Å². The van der Waals surface area contributed by atoms with Crippen molar-refractivity contribution in [2.24, 2.45) is 0 Å². The van der Waals surface area contributed by atoms with E-state index in [1.165, 1.54) is 16.1 Å². The molecule has 0 fully saturated rings. The van der Waals surface area contributed by atoms with Crippen molar-refractivity contribution in [3.63, 3.8) is 0 Å². The van der Waals surface area contributed by atoms with Crippen molar-refractivity contribution in [2.45, 2.75) is 46.1 Å². The molecule has 1 aromatic heterocycles. The fourth-order valence-corrected chi connectivity index (χ4v) is 3.33. The quantitative estimate of drug-likeness (QED) is 0.835. The van der Waals surface area contributed by atoms with E-state index >= 15 is 0 Å². The summed E-state index contributed by atoms with van der Waals surface area (Å²) < 4.78 is 0. The Morgan fingerprint density at radius 2 is 2.15 bits per heavy atom. The maximum absolute atomic E-state index is 4.58. The Balaban J connectivity index is 1.91. The van der Waals surface area contributed by atoms with Gasteiger partial charge in [0.2, 0.25) is 0 Å². The van der Waals surface area contributed by atoms with Crippen LogP contribution in [-0.2, 0) is 12.8 Å². The minimum Gasteiger partial charge on any atom is -0.314 e. The molecule has 2 rings (SSSR count). The van der Waals surface area contributed by atoms with E-state index in [0.717, 1.165) is 31.5 Å². The van der Waals surface area contributed by atoms with Crippen molar-refractivity contribution in [3.8, 4) is 0 Å². The summed E-state index contributed by atoms with van der Waals surface area (Å²) in [5, 5.41) is 6.98. The Hall–Kier alpha value is -1.19. The highest BCUT2D eigenvalue weighted by molar-refractivity contribution is 7.09. The highest BCUT2D eigenvalue weighted by Crippen LogP contribution is 2.14. The molecule has 0 aliphatic rings. The van der Waals surface area contributed by atoms with Gasteiger partial charge in [-0.15, -0.1) is 11.3 Å². The molecule has 1 atom stereocenters. The maximum atomic E-state index is 4.58. The van der Waals surface area contributed by atoms with Gasteiger partial charge in [0.1, 0.15) is 0 Å². The van der Waals surface area contributed by atoms with Crippen LogP contribution in [0.5, 0.6) is 0 Å². The van der Waals surface area contributed by atoms with Gasteiger partial charge < -0.3 is 5.32 Å². The van der Waals surface area contributed by atoms with Gasteiger partial charge in [0.25, 0.3) is 0 Å². The van der Waals surface area contributed by atoms with Gasteiger partial charge >= 0.3 is 0 Å². The smallest absolute Gasteiger partial charge is 0.0943 e. The summed E-state index contributed by atoms with van der Waals surface area (Å²) in [6.45, 7) is 7.41. The fourth-order valence-electron chi connectivity index (χ4n) is 2.48. The molecule has 1 unspecified atom stereocenters. The first-order chi connectivity index (χ1) is 9.67. The number of likely N-dealkylation sites (N-methyl/N-ethyl adjacent to an activating group) is 1. The van der Waals surface area contributed by atoms with Crippen LogP contribution < -0.4 is 5.32 Å². The molecule has 0 radical (unpaired) electrons. The van der Waals surface area contributed by atoms with Crippen LogP contribution in [0.15, 0.2) is 29.6 Å². The molecule has 0 amide bonds. The largest absolute Gasteiger partial charge is 0.314 e. The predicted octanol–water partition coefficient (Wildman–Crippen LogP) is 3.91. The molecule has 20 heavy (non-hydrogen) atoms. The van der Waals surface area contributed by atoms with Gasteiger partial charge in [0, 0.05) is 23.5 Å². The summed E-state index contributed by atoms with van der Waals surface area (Å²) in [6, 6.07) is 9.34. The normalized spacial score (nSPS) is 12.6. The van der Waals surface area contributed by atoms with E-state index in [-0.39, 0.29) is 0 Å². The van der Waals surface area contributed by atoms with Crippen molar-refractivity contribution < 1.29 is 0 Å². The zero-order valence-electron chi connectivity index (χ0n) is 12.6. The van der Waals surface area contributed by atoms with Crippen LogP contribution in [0.1, 0.15) is 35.2 Å². The number of rotatable bonds is 7. The predicted molar refractivity (Wildman–Crippen MR) is 87.5 cm³/mol. The first-order valence-corrected chi connectivity index (χ1v) is 8.25. The monoisotopic (exact) mass is 288 g/mol. The van der Waals surface area contributed by atoms with Crippen LogP contribution >= 0.6 is 11.3 Å². The Morgan fingerprint density at radius 1 is 1.30 bits per heavy atom. The molecule has 0 bridgehead atoms. The van der Waals surface area contributed by atoms with Crippen LogP contribution in [0.4, 0.5) is 0 Å². The van der Waals surface area contributed by atoms with Crippen LogP contribution in [0.3, 0.4) is 0 Å².